The molecule has 0 heterocycles. The van der Waals surface area contributed by atoms with Gasteiger partial charge in [0, 0.05) is 0 Å². The maximum atomic E-state index is 2.44. The molecule has 0 unspecified atom stereocenters. The lowest BCUT2D eigenvalue weighted by atomic mass is 10.0. The predicted molar refractivity (Wildman–Crippen MR) is 90.3 cm³/mol. The van der Waals surface area contributed by atoms with Gasteiger partial charge in [0.2, 0.25) is 0 Å². The molecule has 0 aliphatic heterocycles. The topological polar surface area (TPSA) is 0 Å². The first-order valence-electron chi connectivity index (χ1n) is 7.77. The third kappa shape index (κ3) is 3.72. The third-order valence-electron chi connectivity index (χ3n) is 4.23. The minimum absolute atomic E-state index is 1.07. The summed E-state index contributed by atoms with van der Waals surface area (Å²) >= 11 is 0. The Morgan fingerprint density at radius 1 is 0.762 bits per heavy atom. The van der Waals surface area contributed by atoms with Gasteiger partial charge in [-0.1, -0.05) is 77.9 Å². The van der Waals surface area contributed by atoms with Crippen molar-refractivity contribution >= 4 is 0 Å². The minimum atomic E-state index is 1.07. The second kappa shape index (κ2) is 6.58. The highest BCUT2D eigenvalue weighted by atomic mass is 14.2. The Kier molecular flexibility index (Phi) is 4.35. The molecule has 3 rings (SSSR count). The van der Waals surface area contributed by atoms with Crippen molar-refractivity contribution in [1.82, 2.24) is 0 Å². The van der Waals surface area contributed by atoms with Crippen molar-refractivity contribution in [3.8, 4) is 0 Å². The molecule has 0 amide bonds. The first kappa shape index (κ1) is 13.9. The highest BCUT2D eigenvalue weighted by Crippen LogP contribution is 2.30. The SMILES string of the molecule is CC1=C(Cc2ccccc2)C=C(CCc2ccccc2)C1. The van der Waals surface area contributed by atoms with Gasteiger partial charge in [0.15, 0.2) is 0 Å². The molecular formula is C21H22. The molecule has 2 aromatic rings. The van der Waals surface area contributed by atoms with Crippen LogP contribution >= 0.6 is 0 Å². The van der Waals surface area contributed by atoms with Gasteiger partial charge in [0.05, 0.1) is 0 Å². The number of hydrogen-bond donors (Lipinski definition) is 0. The van der Waals surface area contributed by atoms with E-state index in [9.17, 15) is 0 Å². The standard InChI is InChI=1S/C21H22/c1-17-14-20(13-12-18-8-4-2-5-9-18)16-21(17)15-19-10-6-3-7-11-19/h2-11,16H,12-15H2,1H3. The van der Waals surface area contributed by atoms with Gasteiger partial charge in [-0.3, -0.25) is 0 Å². The molecule has 0 spiro atoms. The van der Waals surface area contributed by atoms with Crippen LogP contribution in [0, 0.1) is 0 Å². The zero-order valence-corrected chi connectivity index (χ0v) is 12.7. The van der Waals surface area contributed by atoms with Crippen LogP contribution < -0.4 is 0 Å². The van der Waals surface area contributed by atoms with E-state index in [1.807, 2.05) is 0 Å². The van der Waals surface area contributed by atoms with Crippen molar-refractivity contribution in [3.05, 3.63) is 94.6 Å². The number of aryl methyl sites for hydroxylation is 1. The molecule has 0 saturated heterocycles. The van der Waals surface area contributed by atoms with E-state index in [1.165, 1.54) is 23.1 Å². The Labute approximate surface area is 127 Å². The van der Waals surface area contributed by atoms with Crippen LogP contribution in [0.25, 0.3) is 0 Å². The van der Waals surface area contributed by atoms with Crippen molar-refractivity contribution in [1.29, 1.82) is 0 Å². The van der Waals surface area contributed by atoms with Crippen molar-refractivity contribution in [2.75, 3.05) is 0 Å². The van der Waals surface area contributed by atoms with E-state index in [0.717, 1.165) is 19.3 Å². The lowest BCUT2D eigenvalue weighted by molar-refractivity contribution is 0.906. The third-order valence-corrected chi connectivity index (χ3v) is 4.23. The van der Waals surface area contributed by atoms with Crippen molar-refractivity contribution in [2.45, 2.75) is 32.6 Å². The van der Waals surface area contributed by atoms with Crippen LogP contribution in [0.1, 0.15) is 30.9 Å². The van der Waals surface area contributed by atoms with E-state index < -0.39 is 0 Å². The van der Waals surface area contributed by atoms with Gasteiger partial charge in [-0.05, 0) is 49.3 Å². The van der Waals surface area contributed by atoms with Crippen LogP contribution in [0.3, 0.4) is 0 Å². The maximum absolute atomic E-state index is 2.44. The quantitative estimate of drug-likeness (QED) is 0.674. The van der Waals surface area contributed by atoms with Gasteiger partial charge in [0.1, 0.15) is 0 Å². The molecule has 0 saturated carbocycles. The summed E-state index contributed by atoms with van der Waals surface area (Å²) in [5, 5.41) is 0. The Morgan fingerprint density at radius 2 is 1.38 bits per heavy atom. The Morgan fingerprint density at radius 3 is 2.05 bits per heavy atom. The molecule has 1 aliphatic carbocycles. The summed E-state index contributed by atoms with van der Waals surface area (Å²) in [6.45, 7) is 2.28. The van der Waals surface area contributed by atoms with Gasteiger partial charge in [-0.2, -0.15) is 0 Å². The molecule has 0 bridgehead atoms. The maximum Gasteiger partial charge on any atom is -0.00262 e. The molecule has 0 aromatic heterocycles. The molecule has 2 aromatic carbocycles. The molecule has 1 aliphatic rings. The van der Waals surface area contributed by atoms with Gasteiger partial charge in [-0.25, -0.2) is 0 Å². The van der Waals surface area contributed by atoms with E-state index >= 15 is 0 Å². The largest absolute Gasteiger partial charge is 0.0657 e. The van der Waals surface area contributed by atoms with Gasteiger partial charge < -0.3 is 0 Å². The summed E-state index contributed by atoms with van der Waals surface area (Å²) in [5.74, 6) is 0. The number of rotatable bonds is 5. The molecule has 0 atom stereocenters. The van der Waals surface area contributed by atoms with Crippen molar-refractivity contribution in [2.24, 2.45) is 0 Å². The van der Waals surface area contributed by atoms with E-state index in [1.54, 1.807) is 11.1 Å². The molecule has 21 heavy (non-hydrogen) atoms. The lowest BCUT2D eigenvalue weighted by Gasteiger charge is -2.02. The monoisotopic (exact) mass is 274 g/mol. The van der Waals surface area contributed by atoms with E-state index in [-0.39, 0.29) is 0 Å². The zero-order chi connectivity index (χ0) is 14.5. The molecule has 0 N–H and O–H groups in total. The first-order valence-corrected chi connectivity index (χ1v) is 7.77. The Hall–Kier alpha value is -2.08. The summed E-state index contributed by atoms with van der Waals surface area (Å²) in [4.78, 5) is 0. The van der Waals surface area contributed by atoms with Crippen LogP contribution in [-0.4, -0.2) is 0 Å². The molecule has 0 radical (unpaired) electrons. The van der Waals surface area contributed by atoms with Crippen LogP contribution in [0.15, 0.2) is 83.5 Å². The fourth-order valence-corrected chi connectivity index (χ4v) is 3.00. The first-order chi connectivity index (χ1) is 10.3. The second-order valence-corrected chi connectivity index (χ2v) is 5.93. The summed E-state index contributed by atoms with van der Waals surface area (Å²) in [7, 11) is 0. The lowest BCUT2D eigenvalue weighted by Crippen LogP contribution is -1.87. The summed E-state index contributed by atoms with van der Waals surface area (Å²) in [5.41, 5.74) is 7.49. The van der Waals surface area contributed by atoms with E-state index in [4.69, 9.17) is 0 Å². The summed E-state index contributed by atoms with van der Waals surface area (Å²) in [6.07, 6.45) is 7.00. The average molecular weight is 274 g/mol. The number of allylic oxidation sites excluding steroid dienone is 4. The van der Waals surface area contributed by atoms with Crippen molar-refractivity contribution in [3.63, 3.8) is 0 Å². The highest BCUT2D eigenvalue weighted by molar-refractivity contribution is 5.41. The Balaban J connectivity index is 1.61. The second-order valence-electron chi connectivity index (χ2n) is 5.93. The van der Waals surface area contributed by atoms with Crippen molar-refractivity contribution < 1.29 is 0 Å². The smallest absolute Gasteiger partial charge is 0.00262 e. The highest BCUT2D eigenvalue weighted by Gasteiger charge is 2.12. The van der Waals surface area contributed by atoms with E-state index in [2.05, 4.69) is 73.7 Å². The minimum Gasteiger partial charge on any atom is -0.0657 e. The van der Waals surface area contributed by atoms with E-state index in [0.29, 0.717) is 0 Å². The molecule has 0 heteroatoms. The van der Waals surface area contributed by atoms with Gasteiger partial charge in [-0.15, -0.1) is 0 Å². The zero-order valence-electron chi connectivity index (χ0n) is 12.7. The molecule has 0 nitrogen and oxygen atoms in total. The molecular weight excluding hydrogens is 252 g/mol. The Bertz CT molecular complexity index is 645. The summed E-state index contributed by atoms with van der Waals surface area (Å²) < 4.78 is 0. The molecule has 0 fully saturated rings. The van der Waals surface area contributed by atoms with Crippen LogP contribution in [0.5, 0.6) is 0 Å². The van der Waals surface area contributed by atoms with Crippen LogP contribution in [-0.2, 0) is 12.8 Å². The normalized spacial score (nSPS) is 14.4. The van der Waals surface area contributed by atoms with Crippen LogP contribution in [0.4, 0.5) is 0 Å². The fourth-order valence-electron chi connectivity index (χ4n) is 3.00. The van der Waals surface area contributed by atoms with Gasteiger partial charge in [0.25, 0.3) is 0 Å². The van der Waals surface area contributed by atoms with Gasteiger partial charge >= 0.3 is 0 Å². The predicted octanol–water partition coefficient (Wildman–Crippen LogP) is 5.51. The number of hydrogen-bond acceptors (Lipinski definition) is 0. The van der Waals surface area contributed by atoms with Crippen LogP contribution in [0.2, 0.25) is 0 Å². The average Bonchev–Trinajstić information content (AvgIpc) is 2.87. The molecule has 106 valence electrons. The summed E-state index contributed by atoms with van der Waals surface area (Å²) in [6, 6.07) is 21.6. The fraction of sp³-hybridized carbons (Fsp3) is 0.238. The number of benzene rings is 2.